The van der Waals surface area contributed by atoms with Gasteiger partial charge in [-0.25, -0.2) is 14.2 Å². The third-order valence-electron chi connectivity index (χ3n) is 7.49. The van der Waals surface area contributed by atoms with Crippen molar-refractivity contribution in [2.45, 2.75) is 78.0 Å². The Hall–Kier alpha value is -3.38. The van der Waals surface area contributed by atoms with Gasteiger partial charge in [-0.1, -0.05) is 23.5 Å². The number of aryl methyl sites for hydroxylation is 1. The molecule has 12 heteroatoms. The van der Waals surface area contributed by atoms with Gasteiger partial charge in [-0.3, -0.25) is 19.7 Å². The maximum absolute atomic E-state index is 14.0. The number of rotatable bonds is 7. The highest BCUT2D eigenvalue weighted by Gasteiger charge is 2.45. The lowest BCUT2D eigenvalue weighted by Crippen LogP contribution is -2.65. The van der Waals surface area contributed by atoms with Crippen molar-refractivity contribution < 1.29 is 28.3 Å². The molecule has 0 aliphatic carbocycles. The number of carbonyl (C=O) groups is 4. The summed E-state index contributed by atoms with van der Waals surface area (Å²) in [7, 11) is 0. The molecule has 228 valence electrons. The Bertz CT molecular complexity index is 1310. The van der Waals surface area contributed by atoms with Gasteiger partial charge >= 0.3 is 12.0 Å². The summed E-state index contributed by atoms with van der Waals surface area (Å²) >= 11 is 1.07. The van der Waals surface area contributed by atoms with E-state index in [1.54, 1.807) is 39.8 Å². The molecule has 0 spiro atoms. The molecular formula is C30H40FN5O5S. The largest absolute Gasteiger partial charge is 0.459 e. The normalized spacial score (nSPS) is 22.8. The third kappa shape index (κ3) is 8.13. The maximum Gasteiger partial charge on any atom is 0.325 e. The van der Waals surface area contributed by atoms with Gasteiger partial charge in [0, 0.05) is 20.0 Å². The first-order chi connectivity index (χ1) is 19.8. The zero-order valence-electron chi connectivity index (χ0n) is 24.8. The number of ether oxygens (including phenoxy) is 1. The number of halogens is 1. The van der Waals surface area contributed by atoms with Crippen LogP contribution in [0, 0.1) is 24.6 Å². The number of piperidine rings is 2. The quantitative estimate of drug-likeness (QED) is 0.322. The van der Waals surface area contributed by atoms with E-state index in [1.807, 2.05) is 4.90 Å². The topological polar surface area (TPSA) is 130 Å². The summed E-state index contributed by atoms with van der Waals surface area (Å²) in [6.45, 7) is 9.95. The molecule has 10 nitrogen and oxygen atoms in total. The van der Waals surface area contributed by atoms with E-state index in [9.17, 15) is 23.6 Å². The first kappa shape index (κ1) is 31.6. The van der Waals surface area contributed by atoms with Crippen molar-refractivity contribution in [2.75, 3.05) is 25.0 Å². The van der Waals surface area contributed by atoms with Crippen molar-refractivity contribution in [1.29, 1.82) is 0 Å². The fourth-order valence-corrected chi connectivity index (χ4v) is 6.53. The summed E-state index contributed by atoms with van der Waals surface area (Å²) in [6.07, 6.45) is 2.94. The maximum atomic E-state index is 14.0. The molecule has 0 radical (unpaired) electrons. The molecule has 1 aromatic carbocycles. The van der Waals surface area contributed by atoms with Gasteiger partial charge in [0.1, 0.15) is 17.5 Å². The number of anilines is 1. The van der Waals surface area contributed by atoms with Gasteiger partial charge in [0.15, 0.2) is 10.9 Å². The molecule has 4 atom stereocenters. The van der Waals surface area contributed by atoms with Crippen molar-refractivity contribution in [3.05, 3.63) is 46.2 Å². The molecule has 1 aromatic heterocycles. The van der Waals surface area contributed by atoms with Gasteiger partial charge in [0.25, 0.3) is 0 Å². The number of nitrogens with one attached hydrogen (secondary N) is 3. The highest BCUT2D eigenvalue weighted by atomic mass is 32.1. The molecule has 2 unspecified atom stereocenters. The zero-order chi connectivity index (χ0) is 30.6. The van der Waals surface area contributed by atoms with Crippen molar-refractivity contribution in [3.8, 4) is 0 Å². The van der Waals surface area contributed by atoms with E-state index in [4.69, 9.17) is 4.74 Å². The number of carbonyl (C=O) groups excluding carboxylic acids is 4. The van der Waals surface area contributed by atoms with Crippen LogP contribution in [0.3, 0.4) is 0 Å². The SMILES string of the molecule is CC(=O)c1sc(NC(=O)N[C@H]2C(C(=O)OC(C)(C)C)NCC[C@@H]2C(=O)N2CCCC(Cc3ccc(F)cc3)C2)nc1C. The predicted molar refractivity (Wildman–Crippen MR) is 158 cm³/mol. The van der Waals surface area contributed by atoms with E-state index in [2.05, 4.69) is 20.9 Å². The van der Waals surface area contributed by atoms with Crippen LogP contribution in [0.5, 0.6) is 0 Å². The Balaban J connectivity index is 1.51. The molecule has 0 saturated carbocycles. The number of ketones is 1. The number of hydrogen-bond donors (Lipinski definition) is 3. The molecule has 2 aromatic rings. The molecule has 4 rings (SSSR count). The summed E-state index contributed by atoms with van der Waals surface area (Å²) in [5.74, 6) is -1.55. The number of nitrogens with zero attached hydrogens (tertiary/aromatic N) is 2. The second kappa shape index (κ2) is 13.3. The van der Waals surface area contributed by atoms with Crippen LogP contribution in [-0.2, 0) is 20.7 Å². The number of aromatic nitrogens is 1. The summed E-state index contributed by atoms with van der Waals surface area (Å²) in [4.78, 5) is 58.8. The minimum absolute atomic E-state index is 0.122. The van der Waals surface area contributed by atoms with Crippen LogP contribution in [0.2, 0.25) is 0 Å². The number of urea groups is 1. The van der Waals surface area contributed by atoms with Crippen LogP contribution in [-0.4, -0.2) is 70.9 Å². The number of likely N-dealkylation sites (tertiary alicyclic amines) is 1. The van der Waals surface area contributed by atoms with Crippen molar-refractivity contribution >= 4 is 40.2 Å². The first-order valence-corrected chi connectivity index (χ1v) is 15.2. The lowest BCUT2D eigenvalue weighted by Gasteiger charge is -2.42. The van der Waals surface area contributed by atoms with E-state index in [0.717, 1.165) is 36.2 Å². The molecule has 0 bridgehead atoms. The van der Waals surface area contributed by atoms with E-state index in [-0.39, 0.29) is 28.6 Å². The molecule has 3 N–H and O–H groups in total. The van der Waals surface area contributed by atoms with Crippen LogP contribution >= 0.6 is 11.3 Å². The standard InChI is InChI=1S/C30H40FN5O5S/c1-17-25(18(2)37)42-29(33-17)35-28(40)34-23-22(12-13-32-24(23)27(39)41-30(3,4)5)26(38)36-14-6-7-20(16-36)15-19-8-10-21(31)11-9-19/h8-11,20,22-24,32H,6-7,12-16H2,1-5H3,(H2,33,34,35,40)/t20?,22-,23+,24?/m0/s1. The van der Waals surface area contributed by atoms with Gasteiger partial charge in [-0.15, -0.1) is 0 Å². The summed E-state index contributed by atoms with van der Waals surface area (Å²) in [6, 6.07) is 3.98. The summed E-state index contributed by atoms with van der Waals surface area (Å²) in [5.41, 5.74) is 0.774. The number of benzene rings is 1. The van der Waals surface area contributed by atoms with Crippen LogP contribution in [0.1, 0.15) is 67.9 Å². The molecule has 2 fully saturated rings. The van der Waals surface area contributed by atoms with Gasteiger partial charge in [-0.2, -0.15) is 0 Å². The predicted octanol–water partition coefficient (Wildman–Crippen LogP) is 4.08. The smallest absolute Gasteiger partial charge is 0.325 e. The Labute approximate surface area is 249 Å². The van der Waals surface area contributed by atoms with Gasteiger partial charge in [0.2, 0.25) is 5.91 Å². The highest BCUT2D eigenvalue weighted by molar-refractivity contribution is 7.17. The average molecular weight is 602 g/mol. The van der Waals surface area contributed by atoms with E-state index in [1.165, 1.54) is 19.1 Å². The lowest BCUT2D eigenvalue weighted by molar-refractivity contribution is -0.160. The van der Waals surface area contributed by atoms with Crippen LogP contribution < -0.4 is 16.0 Å². The summed E-state index contributed by atoms with van der Waals surface area (Å²) in [5, 5.41) is 8.91. The van der Waals surface area contributed by atoms with Crippen LogP contribution in [0.4, 0.5) is 14.3 Å². The molecular weight excluding hydrogens is 561 g/mol. The third-order valence-corrected chi connectivity index (χ3v) is 8.67. The van der Waals surface area contributed by atoms with Gasteiger partial charge in [-0.05, 0) is 83.5 Å². The van der Waals surface area contributed by atoms with E-state index in [0.29, 0.717) is 36.6 Å². The van der Waals surface area contributed by atoms with Crippen LogP contribution in [0.15, 0.2) is 24.3 Å². The summed E-state index contributed by atoms with van der Waals surface area (Å²) < 4.78 is 19.0. The van der Waals surface area contributed by atoms with Gasteiger partial charge < -0.3 is 20.3 Å². The molecule has 3 heterocycles. The minimum Gasteiger partial charge on any atom is -0.459 e. The molecule has 2 aliphatic rings. The Morgan fingerprint density at radius 3 is 2.52 bits per heavy atom. The van der Waals surface area contributed by atoms with Gasteiger partial charge in [0.05, 0.1) is 22.5 Å². The van der Waals surface area contributed by atoms with Crippen molar-refractivity contribution in [1.82, 2.24) is 20.5 Å². The number of amides is 3. The average Bonchev–Trinajstić information content (AvgIpc) is 3.28. The number of thiazole rings is 1. The minimum atomic E-state index is -0.941. The number of Topliss-reactive ketones (excluding diaryl/α,β-unsaturated/α-hetero) is 1. The Morgan fingerprint density at radius 2 is 1.88 bits per heavy atom. The van der Waals surface area contributed by atoms with Crippen LogP contribution in [0.25, 0.3) is 0 Å². The number of esters is 1. The molecule has 3 amide bonds. The second-order valence-electron chi connectivity index (χ2n) is 12.1. The lowest BCUT2D eigenvalue weighted by atomic mass is 9.84. The van der Waals surface area contributed by atoms with E-state index >= 15 is 0 Å². The fourth-order valence-electron chi connectivity index (χ4n) is 5.67. The Kier molecular flexibility index (Phi) is 9.98. The monoisotopic (exact) mass is 601 g/mol. The highest BCUT2D eigenvalue weighted by Crippen LogP contribution is 2.28. The molecule has 2 aliphatic heterocycles. The fraction of sp³-hybridized carbons (Fsp3) is 0.567. The van der Waals surface area contributed by atoms with E-state index < -0.39 is 35.6 Å². The molecule has 2 saturated heterocycles. The second-order valence-corrected chi connectivity index (χ2v) is 13.1. The van der Waals surface area contributed by atoms with Crippen molar-refractivity contribution in [3.63, 3.8) is 0 Å². The Morgan fingerprint density at radius 1 is 1.17 bits per heavy atom. The number of hydrogen-bond acceptors (Lipinski definition) is 8. The first-order valence-electron chi connectivity index (χ1n) is 14.4. The molecule has 42 heavy (non-hydrogen) atoms. The zero-order valence-corrected chi connectivity index (χ0v) is 25.6. The van der Waals surface area contributed by atoms with Crippen molar-refractivity contribution in [2.24, 2.45) is 11.8 Å².